The Balaban J connectivity index is 1.86. The van der Waals surface area contributed by atoms with Gasteiger partial charge in [-0.05, 0) is 58.1 Å². The molecule has 1 fully saturated rings. The van der Waals surface area contributed by atoms with Gasteiger partial charge in [0.1, 0.15) is 0 Å². The highest BCUT2D eigenvalue weighted by atomic mass is 16.1. The molecule has 1 unspecified atom stereocenters. The van der Waals surface area contributed by atoms with Gasteiger partial charge in [0.15, 0.2) is 5.65 Å². The van der Waals surface area contributed by atoms with Crippen molar-refractivity contribution in [2.24, 2.45) is 11.7 Å². The Morgan fingerprint density at radius 3 is 2.69 bits per heavy atom. The van der Waals surface area contributed by atoms with E-state index < -0.39 is 0 Å². The van der Waals surface area contributed by atoms with Crippen molar-refractivity contribution in [1.82, 2.24) is 20.1 Å². The molecule has 1 saturated carbocycles. The minimum absolute atomic E-state index is 0.115. The average molecular weight is 392 g/mol. The maximum atomic E-state index is 13.4. The molecule has 4 rings (SSSR count). The van der Waals surface area contributed by atoms with Crippen LogP contribution >= 0.6 is 0 Å². The molecular weight excluding hydrogens is 362 g/mol. The molecule has 6 heteroatoms. The molecule has 152 valence electrons. The van der Waals surface area contributed by atoms with Gasteiger partial charge in [-0.3, -0.25) is 4.79 Å². The summed E-state index contributed by atoms with van der Waals surface area (Å²) >= 11 is 0. The van der Waals surface area contributed by atoms with E-state index in [-0.39, 0.29) is 17.5 Å². The highest BCUT2D eigenvalue weighted by Gasteiger charge is 2.42. The number of nitrogens with one attached hydrogen (secondary N) is 1. The van der Waals surface area contributed by atoms with Crippen molar-refractivity contribution < 1.29 is 4.79 Å². The Hall–Kier alpha value is -2.73. The Morgan fingerprint density at radius 1 is 1.34 bits per heavy atom. The molecule has 0 aliphatic heterocycles. The van der Waals surface area contributed by atoms with Gasteiger partial charge in [0.05, 0.1) is 28.4 Å². The van der Waals surface area contributed by atoms with Gasteiger partial charge >= 0.3 is 0 Å². The number of pyridine rings is 1. The Bertz CT molecular complexity index is 1070. The number of benzene rings is 1. The maximum absolute atomic E-state index is 13.4. The molecule has 0 spiro atoms. The lowest BCUT2D eigenvalue weighted by molar-refractivity contribution is 0.0899. The van der Waals surface area contributed by atoms with Crippen molar-refractivity contribution in [3.63, 3.8) is 0 Å². The van der Waals surface area contributed by atoms with Crippen LogP contribution in [0.4, 0.5) is 0 Å². The van der Waals surface area contributed by atoms with Crippen LogP contribution in [0, 0.1) is 12.8 Å². The number of hydrogen-bond donors (Lipinski definition) is 2. The predicted molar refractivity (Wildman–Crippen MR) is 116 cm³/mol. The van der Waals surface area contributed by atoms with Gasteiger partial charge in [0, 0.05) is 18.2 Å². The van der Waals surface area contributed by atoms with Crippen LogP contribution < -0.4 is 11.1 Å². The van der Waals surface area contributed by atoms with Crippen LogP contribution in [0.1, 0.15) is 55.6 Å². The lowest BCUT2D eigenvalue weighted by Gasteiger charge is -2.29. The Kier molecular flexibility index (Phi) is 4.90. The second kappa shape index (κ2) is 7.26. The summed E-state index contributed by atoms with van der Waals surface area (Å²) in [5.74, 6) is 0.332. The van der Waals surface area contributed by atoms with Crippen LogP contribution in [-0.4, -0.2) is 32.8 Å². The fourth-order valence-electron chi connectivity index (χ4n) is 3.95. The monoisotopic (exact) mass is 391 g/mol. The minimum atomic E-state index is -0.385. The summed E-state index contributed by atoms with van der Waals surface area (Å²) in [6.07, 6.45) is 3.97. The molecule has 1 aliphatic carbocycles. The van der Waals surface area contributed by atoms with Gasteiger partial charge in [-0.25, -0.2) is 9.67 Å². The van der Waals surface area contributed by atoms with E-state index in [9.17, 15) is 4.79 Å². The third kappa shape index (κ3) is 3.53. The number of rotatable bonds is 6. The number of nitrogens with zero attached hydrogens (tertiary/aromatic N) is 3. The first kappa shape index (κ1) is 19.6. The average Bonchev–Trinajstić information content (AvgIpc) is 3.47. The first-order valence-electron chi connectivity index (χ1n) is 10.3. The van der Waals surface area contributed by atoms with Gasteiger partial charge < -0.3 is 11.1 Å². The number of hydrogen-bond acceptors (Lipinski definition) is 4. The number of fused-ring (bicyclic) bond motifs is 1. The number of carbonyl (C=O) groups is 1. The molecule has 0 bridgehead atoms. The summed E-state index contributed by atoms with van der Waals surface area (Å²) in [6.45, 7) is 8.65. The van der Waals surface area contributed by atoms with E-state index in [0.29, 0.717) is 18.0 Å². The SMILES string of the molecule is Cc1ccccc1-c1cc(C(=O)NC(C)(CN)C2CC2)c2cnn(C(C)C)c2n1. The third-order valence-electron chi connectivity index (χ3n) is 6.02. The standard InChI is InChI=1S/C23H29N5O/c1-14(2)28-21-19(12-25-28)18(22(29)27-23(4,13-24)16-9-10-16)11-20(26-21)17-8-6-5-7-15(17)3/h5-8,11-12,14,16H,9-10,13,24H2,1-4H3,(H,27,29). The molecule has 6 nitrogen and oxygen atoms in total. The van der Waals surface area contributed by atoms with Crippen LogP contribution in [0.25, 0.3) is 22.3 Å². The van der Waals surface area contributed by atoms with E-state index in [4.69, 9.17) is 10.7 Å². The lowest BCUT2D eigenvalue weighted by Crippen LogP contribution is -2.53. The van der Waals surface area contributed by atoms with Gasteiger partial charge in [0.25, 0.3) is 5.91 Å². The van der Waals surface area contributed by atoms with Crippen LogP contribution in [0.5, 0.6) is 0 Å². The lowest BCUT2D eigenvalue weighted by atomic mass is 9.95. The van der Waals surface area contributed by atoms with E-state index in [1.54, 1.807) is 6.20 Å². The van der Waals surface area contributed by atoms with Crippen molar-refractivity contribution in [2.45, 2.75) is 52.1 Å². The Labute approximate surface area is 171 Å². The number of aryl methyl sites for hydroxylation is 1. The first-order chi connectivity index (χ1) is 13.8. The summed E-state index contributed by atoms with van der Waals surface area (Å²) in [5, 5.41) is 8.49. The van der Waals surface area contributed by atoms with Crippen molar-refractivity contribution in [2.75, 3.05) is 6.54 Å². The van der Waals surface area contributed by atoms with Crippen LogP contribution in [0.15, 0.2) is 36.5 Å². The normalized spacial score (nSPS) is 16.2. The molecule has 29 heavy (non-hydrogen) atoms. The quantitative estimate of drug-likeness (QED) is 0.668. The van der Waals surface area contributed by atoms with Crippen molar-refractivity contribution in [1.29, 1.82) is 0 Å². The minimum Gasteiger partial charge on any atom is -0.345 e. The van der Waals surface area contributed by atoms with E-state index >= 15 is 0 Å². The molecule has 3 aromatic rings. The van der Waals surface area contributed by atoms with Crippen LogP contribution in [0.2, 0.25) is 0 Å². The highest BCUT2D eigenvalue weighted by molar-refractivity contribution is 6.06. The molecular formula is C23H29N5O. The molecule has 1 amide bonds. The first-order valence-corrected chi connectivity index (χ1v) is 10.3. The molecule has 2 heterocycles. The summed E-state index contributed by atoms with van der Waals surface area (Å²) < 4.78 is 1.87. The molecule has 1 aliphatic rings. The zero-order chi connectivity index (χ0) is 20.8. The topological polar surface area (TPSA) is 85.8 Å². The summed E-state index contributed by atoms with van der Waals surface area (Å²) in [6, 6.07) is 10.1. The van der Waals surface area contributed by atoms with Crippen molar-refractivity contribution >= 4 is 16.9 Å². The van der Waals surface area contributed by atoms with Crippen LogP contribution in [-0.2, 0) is 0 Å². The smallest absolute Gasteiger partial charge is 0.252 e. The van der Waals surface area contributed by atoms with Crippen molar-refractivity contribution in [3.8, 4) is 11.3 Å². The zero-order valence-electron chi connectivity index (χ0n) is 17.6. The fraction of sp³-hybridized carbons (Fsp3) is 0.435. The largest absolute Gasteiger partial charge is 0.345 e. The third-order valence-corrected chi connectivity index (χ3v) is 6.02. The van der Waals surface area contributed by atoms with E-state index in [2.05, 4.69) is 37.3 Å². The zero-order valence-corrected chi connectivity index (χ0v) is 17.6. The molecule has 1 atom stereocenters. The summed E-state index contributed by atoms with van der Waals surface area (Å²) in [7, 11) is 0. The number of amides is 1. The van der Waals surface area contributed by atoms with E-state index in [1.807, 2.05) is 35.9 Å². The second-order valence-electron chi connectivity index (χ2n) is 8.64. The second-order valence-corrected chi connectivity index (χ2v) is 8.64. The maximum Gasteiger partial charge on any atom is 0.252 e. The summed E-state index contributed by atoms with van der Waals surface area (Å²) in [5.41, 5.74) is 9.88. The number of carbonyl (C=O) groups excluding carboxylic acids is 1. The van der Waals surface area contributed by atoms with E-state index in [1.165, 1.54) is 0 Å². The highest BCUT2D eigenvalue weighted by Crippen LogP contribution is 2.39. The predicted octanol–water partition coefficient (Wildman–Crippen LogP) is 3.84. The van der Waals surface area contributed by atoms with Gasteiger partial charge in [0.2, 0.25) is 0 Å². The van der Waals surface area contributed by atoms with Crippen LogP contribution in [0.3, 0.4) is 0 Å². The molecule has 2 aromatic heterocycles. The van der Waals surface area contributed by atoms with Crippen molar-refractivity contribution in [3.05, 3.63) is 47.7 Å². The van der Waals surface area contributed by atoms with Gasteiger partial charge in [-0.2, -0.15) is 5.10 Å². The molecule has 1 aromatic carbocycles. The van der Waals surface area contributed by atoms with Gasteiger partial charge in [-0.1, -0.05) is 24.3 Å². The fourth-order valence-corrected chi connectivity index (χ4v) is 3.95. The molecule has 0 saturated heterocycles. The van der Waals surface area contributed by atoms with E-state index in [0.717, 1.165) is 40.7 Å². The molecule has 0 radical (unpaired) electrons. The van der Waals surface area contributed by atoms with Gasteiger partial charge in [-0.15, -0.1) is 0 Å². The molecule has 3 N–H and O–H groups in total. The number of nitrogens with two attached hydrogens (primary N) is 1. The summed E-state index contributed by atoms with van der Waals surface area (Å²) in [4.78, 5) is 18.3. The Morgan fingerprint density at radius 2 is 2.07 bits per heavy atom. The number of aromatic nitrogens is 3.